The molecule has 1 spiro atoms. The summed E-state index contributed by atoms with van der Waals surface area (Å²) in [5.41, 5.74) is -0.556. The van der Waals surface area contributed by atoms with Gasteiger partial charge in [0.1, 0.15) is 5.82 Å². The second-order valence-electron chi connectivity index (χ2n) is 10.9. The number of esters is 2. The molecular weight excluding hydrogens is 373 g/mol. The monoisotopic (exact) mass is 401 g/mol. The number of benzene rings is 1. The molecule has 4 aliphatic rings. The maximum atomic E-state index is 15.1. The Bertz CT molecular complexity index is 919. The van der Waals surface area contributed by atoms with E-state index < -0.39 is 29.2 Å². The molecule has 5 rings (SSSR count). The molecule has 156 valence electrons. The molecule has 1 aliphatic carbocycles. The Morgan fingerprint density at radius 2 is 1.69 bits per heavy atom. The number of ether oxygens (including phenoxy) is 2. The molecule has 3 atom stereocenters. The van der Waals surface area contributed by atoms with E-state index in [-0.39, 0.29) is 29.1 Å². The van der Waals surface area contributed by atoms with Crippen LogP contribution in [-0.2, 0) is 25.5 Å². The van der Waals surface area contributed by atoms with Gasteiger partial charge in [0.15, 0.2) is 5.41 Å². The van der Waals surface area contributed by atoms with E-state index in [1.165, 1.54) is 6.07 Å². The highest BCUT2D eigenvalue weighted by Crippen LogP contribution is 2.64. The molecule has 1 aromatic rings. The lowest BCUT2D eigenvalue weighted by Gasteiger charge is -2.53. The van der Waals surface area contributed by atoms with Gasteiger partial charge in [-0.3, -0.25) is 9.59 Å². The summed E-state index contributed by atoms with van der Waals surface area (Å²) in [5.74, 6) is -2.68. The first kappa shape index (κ1) is 18.9. The second-order valence-corrected chi connectivity index (χ2v) is 10.9. The number of anilines is 1. The molecule has 2 saturated heterocycles. The molecule has 1 aromatic carbocycles. The third kappa shape index (κ3) is 2.37. The van der Waals surface area contributed by atoms with Gasteiger partial charge in [-0.1, -0.05) is 32.9 Å². The Kier molecular flexibility index (Phi) is 3.47. The number of carbonyl (C=O) groups is 2. The van der Waals surface area contributed by atoms with Crippen LogP contribution in [-0.4, -0.2) is 29.8 Å². The molecule has 5 nitrogen and oxygen atoms in total. The van der Waals surface area contributed by atoms with Gasteiger partial charge in [-0.25, -0.2) is 4.39 Å². The smallest absolute Gasteiger partial charge is 0.329 e. The number of carbonyl (C=O) groups excluding carboxylic acids is 2. The van der Waals surface area contributed by atoms with Crippen LogP contribution in [0.15, 0.2) is 18.2 Å². The summed E-state index contributed by atoms with van der Waals surface area (Å²) in [6.45, 7) is 9.71. The Morgan fingerprint density at radius 1 is 1.03 bits per heavy atom. The number of hydrogen-bond donors (Lipinski definition) is 0. The predicted molar refractivity (Wildman–Crippen MR) is 105 cm³/mol. The minimum Gasteiger partial charge on any atom is -0.422 e. The van der Waals surface area contributed by atoms with Crippen molar-refractivity contribution in [3.63, 3.8) is 0 Å². The van der Waals surface area contributed by atoms with Crippen molar-refractivity contribution in [1.82, 2.24) is 0 Å². The quantitative estimate of drug-likeness (QED) is 0.486. The molecule has 0 amide bonds. The van der Waals surface area contributed by atoms with Crippen molar-refractivity contribution in [1.29, 1.82) is 0 Å². The standard InChI is InChI=1S/C23H28FNO4/c1-20(2)10-14-11-22(5,12-20)17-23(18(26)28-21(3,4)29-19(23)27)9-13-7-6-8-15(24)16(13)25(14)17/h6-8,14,17H,9-12H2,1-5H3. The lowest BCUT2D eigenvalue weighted by molar-refractivity contribution is -0.255. The summed E-state index contributed by atoms with van der Waals surface area (Å²) in [6.07, 6.45) is 2.67. The van der Waals surface area contributed by atoms with E-state index in [0.29, 0.717) is 11.3 Å². The minimum atomic E-state index is -1.47. The first-order valence-electron chi connectivity index (χ1n) is 10.4. The highest BCUT2D eigenvalue weighted by Gasteiger charge is 2.72. The van der Waals surface area contributed by atoms with Gasteiger partial charge in [0.2, 0.25) is 0 Å². The minimum absolute atomic E-state index is 0.0311. The average molecular weight is 401 g/mol. The van der Waals surface area contributed by atoms with Crippen molar-refractivity contribution in [3.8, 4) is 0 Å². The van der Waals surface area contributed by atoms with Gasteiger partial charge >= 0.3 is 11.9 Å². The van der Waals surface area contributed by atoms with Crippen LogP contribution in [0.2, 0.25) is 0 Å². The van der Waals surface area contributed by atoms with Crippen molar-refractivity contribution in [3.05, 3.63) is 29.6 Å². The van der Waals surface area contributed by atoms with Crippen LogP contribution in [0.3, 0.4) is 0 Å². The van der Waals surface area contributed by atoms with E-state index in [1.807, 2.05) is 11.0 Å². The van der Waals surface area contributed by atoms with Crippen molar-refractivity contribution < 1.29 is 23.5 Å². The molecule has 0 radical (unpaired) electrons. The van der Waals surface area contributed by atoms with Gasteiger partial charge in [0.25, 0.3) is 5.79 Å². The SMILES string of the molecule is CC1(C)CC2CC(C)(C1)C1N2c2c(F)cccc2CC12C(=O)OC(C)(C)OC2=O. The number of hydrogen-bond acceptors (Lipinski definition) is 5. The Balaban J connectivity index is 1.77. The van der Waals surface area contributed by atoms with Crippen LogP contribution in [0.4, 0.5) is 10.1 Å². The van der Waals surface area contributed by atoms with Gasteiger partial charge in [-0.05, 0) is 41.7 Å². The molecule has 3 unspecified atom stereocenters. The molecule has 3 fully saturated rings. The van der Waals surface area contributed by atoms with Crippen molar-refractivity contribution >= 4 is 17.6 Å². The van der Waals surface area contributed by atoms with Crippen molar-refractivity contribution in [2.45, 2.75) is 78.2 Å². The number of fused-ring (bicyclic) bond motifs is 8. The molecular formula is C23H28FNO4. The summed E-state index contributed by atoms with van der Waals surface area (Å²) in [7, 11) is 0. The first-order chi connectivity index (χ1) is 13.4. The molecule has 1 saturated carbocycles. The zero-order chi connectivity index (χ0) is 21.0. The molecule has 0 N–H and O–H groups in total. The largest absolute Gasteiger partial charge is 0.422 e. The summed E-state index contributed by atoms with van der Waals surface area (Å²) in [4.78, 5) is 29.0. The van der Waals surface area contributed by atoms with Crippen LogP contribution in [0.1, 0.15) is 59.4 Å². The summed E-state index contributed by atoms with van der Waals surface area (Å²) in [5, 5.41) is 0. The van der Waals surface area contributed by atoms with E-state index in [2.05, 4.69) is 20.8 Å². The van der Waals surface area contributed by atoms with E-state index >= 15 is 4.39 Å². The van der Waals surface area contributed by atoms with Gasteiger partial charge in [0, 0.05) is 26.3 Å². The fourth-order valence-corrected chi connectivity index (χ4v) is 7.07. The van der Waals surface area contributed by atoms with Crippen LogP contribution in [0, 0.1) is 22.1 Å². The van der Waals surface area contributed by atoms with Gasteiger partial charge in [0.05, 0.1) is 11.7 Å². The maximum absolute atomic E-state index is 15.1. The summed E-state index contributed by atoms with van der Waals surface area (Å²) < 4.78 is 26.4. The van der Waals surface area contributed by atoms with Gasteiger partial charge in [-0.2, -0.15) is 0 Å². The number of rotatable bonds is 0. The third-order valence-electron chi connectivity index (χ3n) is 7.37. The van der Waals surface area contributed by atoms with Crippen LogP contribution in [0.5, 0.6) is 0 Å². The number of halogens is 1. The van der Waals surface area contributed by atoms with E-state index in [4.69, 9.17) is 9.47 Å². The summed E-state index contributed by atoms with van der Waals surface area (Å²) in [6, 6.07) is 4.50. The van der Waals surface area contributed by atoms with Crippen LogP contribution in [0.25, 0.3) is 0 Å². The molecule has 2 bridgehead atoms. The van der Waals surface area contributed by atoms with Gasteiger partial charge in [-0.15, -0.1) is 0 Å². The number of nitrogens with zero attached hydrogens (tertiary/aromatic N) is 1. The van der Waals surface area contributed by atoms with E-state index in [9.17, 15) is 9.59 Å². The van der Waals surface area contributed by atoms with Crippen LogP contribution < -0.4 is 4.90 Å². The Labute approximate surface area is 170 Å². The van der Waals surface area contributed by atoms with Crippen molar-refractivity contribution in [2.24, 2.45) is 16.2 Å². The van der Waals surface area contributed by atoms with E-state index in [0.717, 1.165) is 19.3 Å². The molecule has 3 aliphatic heterocycles. The Hall–Kier alpha value is -2.11. The molecule has 0 aromatic heterocycles. The Morgan fingerprint density at radius 3 is 2.34 bits per heavy atom. The first-order valence-corrected chi connectivity index (χ1v) is 10.4. The van der Waals surface area contributed by atoms with Crippen LogP contribution >= 0.6 is 0 Å². The lowest BCUT2D eigenvalue weighted by atomic mass is 9.57. The maximum Gasteiger partial charge on any atom is 0.329 e. The fraction of sp³-hybridized carbons (Fsp3) is 0.652. The predicted octanol–water partition coefficient (Wildman–Crippen LogP) is 3.98. The zero-order valence-corrected chi connectivity index (χ0v) is 17.7. The highest BCUT2D eigenvalue weighted by molar-refractivity contribution is 6.04. The highest BCUT2D eigenvalue weighted by atomic mass is 19.1. The topological polar surface area (TPSA) is 55.8 Å². The zero-order valence-electron chi connectivity index (χ0n) is 17.7. The second kappa shape index (κ2) is 5.32. The fourth-order valence-electron chi connectivity index (χ4n) is 7.07. The lowest BCUT2D eigenvalue weighted by Crippen LogP contribution is -2.67. The molecule has 3 heterocycles. The summed E-state index contributed by atoms with van der Waals surface area (Å²) >= 11 is 0. The third-order valence-corrected chi connectivity index (χ3v) is 7.37. The number of cyclic esters (lactones) is 2. The normalized spacial score (nSPS) is 35.6. The molecule has 6 heteroatoms. The van der Waals surface area contributed by atoms with Crippen molar-refractivity contribution in [2.75, 3.05) is 4.90 Å². The molecule has 29 heavy (non-hydrogen) atoms. The van der Waals surface area contributed by atoms with Gasteiger partial charge < -0.3 is 14.4 Å². The van der Waals surface area contributed by atoms with E-state index in [1.54, 1.807) is 19.9 Å². The average Bonchev–Trinajstić information content (AvgIpc) is 2.78. The number of para-hydroxylation sites is 1.